The summed E-state index contributed by atoms with van der Waals surface area (Å²) < 4.78 is 10.2. The lowest BCUT2D eigenvalue weighted by atomic mass is 10.4. The molecule has 2 rings (SSSR count). The summed E-state index contributed by atoms with van der Waals surface area (Å²) in [5, 5.41) is 0. The van der Waals surface area contributed by atoms with Crippen molar-refractivity contribution in [3.63, 3.8) is 0 Å². The van der Waals surface area contributed by atoms with Crippen molar-refractivity contribution < 1.29 is 13.9 Å². The molecule has 16 heavy (non-hydrogen) atoms. The molecule has 0 aromatic carbocycles. The number of nitrogens with zero attached hydrogens (tertiary/aromatic N) is 1. The molecule has 0 spiro atoms. The maximum atomic E-state index is 11.6. The molecule has 0 unspecified atom stereocenters. The Labute approximate surface area is 93.0 Å². The second kappa shape index (κ2) is 4.40. The van der Waals surface area contributed by atoms with Crippen molar-refractivity contribution in [1.29, 1.82) is 0 Å². The highest BCUT2D eigenvalue weighted by Crippen LogP contribution is 2.16. The van der Waals surface area contributed by atoms with Gasteiger partial charge in [0.1, 0.15) is 12.3 Å². The van der Waals surface area contributed by atoms with Crippen LogP contribution in [0.1, 0.15) is 10.5 Å². The molecule has 0 saturated carbocycles. The fraction of sp³-hybridized carbons (Fsp3) is 0.364. The highest BCUT2D eigenvalue weighted by molar-refractivity contribution is 5.93. The predicted molar refractivity (Wildman–Crippen MR) is 59.4 cm³/mol. The zero-order chi connectivity index (χ0) is 11.5. The van der Waals surface area contributed by atoms with Crippen molar-refractivity contribution in [1.82, 2.24) is 9.88 Å². The molecule has 0 bridgehead atoms. The molecule has 0 aliphatic rings. The number of hydrogen-bond donors (Lipinski definition) is 1. The number of carbonyl (C=O) groups excluding carboxylic acids is 1. The minimum absolute atomic E-state index is 0.353. The molecule has 0 fully saturated rings. The Kier molecular flexibility index (Phi) is 2.96. The fourth-order valence-electron chi connectivity index (χ4n) is 1.36. The van der Waals surface area contributed by atoms with Crippen LogP contribution in [0, 0.1) is 0 Å². The van der Waals surface area contributed by atoms with Crippen LogP contribution in [0.15, 0.2) is 22.8 Å². The van der Waals surface area contributed by atoms with Crippen LogP contribution in [-0.2, 0) is 4.74 Å². The van der Waals surface area contributed by atoms with Crippen LogP contribution < -0.4 is 0 Å². The third-order valence-corrected chi connectivity index (χ3v) is 2.23. The molecule has 5 heteroatoms. The molecule has 0 amide bonds. The zero-order valence-electron chi connectivity index (χ0n) is 9.32. The van der Waals surface area contributed by atoms with Gasteiger partial charge in [-0.25, -0.2) is 4.79 Å². The van der Waals surface area contributed by atoms with E-state index >= 15 is 0 Å². The summed E-state index contributed by atoms with van der Waals surface area (Å²) in [5.41, 5.74) is 1.90. The van der Waals surface area contributed by atoms with Crippen LogP contribution in [0.4, 0.5) is 0 Å². The van der Waals surface area contributed by atoms with Gasteiger partial charge in [-0.05, 0) is 14.1 Å². The summed E-state index contributed by atoms with van der Waals surface area (Å²) in [4.78, 5) is 16.5. The number of aromatic amines is 1. The van der Waals surface area contributed by atoms with E-state index in [9.17, 15) is 4.79 Å². The number of aromatic nitrogens is 1. The number of likely N-dealkylation sites (N-methyl/N-ethyl adjacent to an activating group) is 1. The van der Waals surface area contributed by atoms with Crippen LogP contribution in [0.5, 0.6) is 0 Å². The molecule has 0 atom stereocenters. The maximum Gasteiger partial charge on any atom is 0.354 e. The van der Waals surface area contributed by atoms with E-state index in [0.717, 1.165) is 5.52 Å². The molecule has 2 aromatic rings. The van der Waals surface area contributed by atoms with Gasteiger partial charge < -0.3 is 19.0 Å². The molecule has 0 radical (unpaired) electrons. The highest BCUT2D eigenvalue weighted by atomic mass is 16.5. The number of rotatable bonds is 4. The van der Waals surface area contributed by atoms with Gasteiger partial charge >= 0.3 is 5.97 Å². The lowest BCUT2D eigenvalue weighted by molar-refractivity contribution is 0.0476. The molecule has 86 valence electrons. The average molecular weight is 222 g/mol. The number of ether oxygens (including phenoxy) is 1. The number of H-pyrrole nitrogens is 1. The topological polar surface area (TPSA) is 58.5 Å². The van der Waals surface area contributed by atoms with Crippen molar-refractivity contribution in [2.75, 3.05) is 27.2 Å². The highest BCUT2D eigenvalue weighted by Gasteiger charge is 2.12. The Morgan fingerprint density at radius 3 is 3.06 bits per heavy atom. The van der Waals surface area contributed by atoms with E-state index in [4.69, 9.17) is 9.15 Å². The lowest BCUT2D eigenvalue weighted by Gasteiger charge is -2.08. The fourth-order valence-corrected chi connectivity index (χ4v) is 1.36. The summed E-state index contributed by atoms with van der Waals surface area (Å²) in [5.74, 6) is -0.353. The van der Waals surface area contributed by atoms with E-state index in [1.165, 1.54) is 0 Å². The van der Waals surface area contributed by atoms with Crippen LogP contribution in [0.3, 0.4) is 0 Å². The first-order chi connectivity index (χ1) is 7.66. The lowest BCUT2D eigenvalue weighted by Crippen LogP contribution is -2.20. The monoisotopic (exact) mass is 222 g/mol. The second-order valence-electron chi connectivity index (χ2n) is 3.82. The largest absolute Gasteiger partial charge is 0.463 e. The molecular weight excluding hydrogens is 208 g/mol. The van der Waals surface area contributed by atoms with Gasteiger partial charge in [-0.15, -0.1) is 0 Å². The number of nitrogens with one attached hydrogen (secondary N) is 1. The van der Waals surface area contributed by atoms with Crippen molar-refractivity contribution in [3.05, 3.63) is 24.1 Å². The molecule has 2 aromatic heterocycles. The Hall–Kier alpha value is -1.75. The van der Waals surface area contributed by atoms with E-state index in [0.29, 0.717) is 24.4 Å². The Morgan fingerprint density at radius 2 is 2.38 bits per heavy atom. The summed E-state index contributed by atoms with van der Waals surface area (Å²) >= 11 is 0. The summed E-state index contributed by atoms with van der Waals surface area (Å²) in [7, 11) is 3.85. The Morgan fingerprint density at radius 1 is 1.56 bits per heavy atom. The summed E-state index contributed by atoms with van der Waals surface area (Å²) in [6.45, 7) is 1.09. The molecule has 1 N–H and O–H groups in total. The molecule has 0 aliphatic carbocycles. The molecule has 2 heterocycles. The summed E-state index contributed by atoms with van der Waals surface area (Å²) in [6, 6.07) is 3.42. The number of carbonyl (C=O) groups is 1. The van der Waals surface area contributed by atoms with Crippen molar-refractivity contribution in [3.8, 4) is 0 Å². The van der Waals surface area contributed by atoms with Gasteiger partial charge in [0.25, 0.3) is 0 Å². The van der Waals surface area contributed by atoms with Gasteiger partial charge in [-0.3, -0.25) is 0 Å². The number of furan rings is 1. The van der Waals surface area contributed by atoms with Gasteiger partial charge in [0, 0.05) is 18.7 Å². The van der Waals surface area contributed by atoms with E-state index in [1.807, 2.05) is 19.0 Å². The van der Waals surface area contributed by atoms with Crippen LogP contribution >= 0.6 is 0 Å². The second-order valence-corrected chi connectivity index (χ2v) is 3.82. The first kappa shape index (κ1) is 10.8. The number of esters is 1. The van der Waals surface area contributed by atoms with Crippen molar-refractivity contribution >= 4 is 17.1 Å². The van der Waals surface area contributed by atoms with Crippen LogP contribution in [0.25, 0.3) is 11.1 Å². The Bertz CT molecular complexity index is 456. The van der Waals surface area contributed by atoms with Crippen LogP contribution in [0.2, 0.25) is 0 Å². The molecule has 0 saturated heterocycles. The summed E-state index contributed by atoms with van der Waals surface area (Å²) in [6.07, 6.45) is 1.57. The minimum atomic E-state index is -0.353. The third kappa shape index (κ3) is 2.25. The van der Waals surface area contributed by atoms with E-state index < -0.39 is 0 Å². The number of hydrogen-bond acceptors (Lipinski definition) is 4. The third-order valence-electron chi connectivity index (χ3n) is 2.23. The van der Waals surface area contributed by atoms with Crippen molar-refractivity contribution in [2.45, 2.75) is 0 Å². The molecule has 0 aliphatic heterocycles. The first-order valence-corrected chi connectivity index (χ1v) is 5.05. The normalized spacial score (nSPS) is 11.2. The standard InChI is InChI=1S/C11H14N2O3/c1-13(2)4-6-16-11(14)9-7-10-8(12-9)3-5-15-10/h3,5,7,12H,4,6H2,1-2H3. The van der Waals surface area contributed by atoms with Gasteiger partial charge in [-0.2, -0.15) is 0 Å². The molecular formula is C11H14N2O3. The minimum Gasteiger partial charge on any atom is -0.463 e. The van der Waals surface area contributed by atoms with Crippen molar-refractivity contribution in [2.24, 2.45) is 0 Å². The maximum absolute atomic E-state index is 11.6. The average Bonchev–Trinajstić information content (AvgIpc) is 2.75. The Balaban J connectivity index is 1.97. The van der Waals surface area contributed by atoms with E-state index in [2.05, 4.69) is 4.98 Å². The van der Waals surface area contributed by atoms with Gasteiger partial charge in [-0.1, -0.05) is 0 Å². The smallest absolute Gasteiger partial charge is 0.354 e. The zero-order valence-corrected chi connectivity index (χ0v) is 9.32. The number of fused-ring (bicyclic) bond motifs is 1. The van der Waals surface area contributed by atoms with Gasteiger partial charge in [0.05, 0.1) is 11.8 Å². The predicted octanol–water partition coefficient (Wildman–Crippen LogP) is 1.48. The van der Waals surface area contributed by atoms with Crippen LogP contribution in [-0.4, -0.2) is 43.1 Å². The van der Waals surface area contributed by atoms with Gasteiger partial charge in [0.2, 0.25) is 0 Å². The SMILES string of the molecule is CN(C)CCOC(=O)c1cc2occc2[nH]1. The van der Waals surface area contributed by atoms with E-state index in [1.54, 1.807) is 18.4 Å². The quantitative estimate of drug-likeness (QED) is 0.796. The van der Waals surface area contributed by atoms with E-state index in [-0.39, 0.29) is 5.97 Å². The first-order valence-electron chi connectivity index (χ1n) is 5.05. The molecule has 5 nitrogen and oxygen atoms in total. The van der Waals surface area contributed by atoms with Gasteiger partial charge in [0.15, 0.2) is 5.58 Å².